The topological polar surface area (TPSA) is 134 Å². The SMILES string of the molecule is CCC(=O)ON1C(C)(C)CC(C(CCCC(=O)O)(C(=O)O)C2CC(C)(C)N(OC(=O)CC)C(C)(C)C2)CC1(C)C. The number of carbonyl (C=O) groups is 4. The van der Waals surface area contributed by atoms with Gasteiger partial charge in [0.15, 0.2) is 0 Å². The number of hydrogen-bond donors (Lipinski definition) is 2. The summed E-state index contributed by atoms with van der Waals surface area (Å²) in [5.74, 6) is -3.21. The van der Waals surface area contributed by atoms with Crippen molar-refractivity contribution < 1.29 is 39.1 Å². The lowest BCUT2D eigenvalue weighted by Crippen LogP contribution is -2.67. The number of carboxylic acids is 2. The summed E-state index contributed by atoms with van der Waals surface area (Å²) in [6, 6.07) is 0. The van der Waals surface area contributed by atoms with E-state index in [-0.39, 0.29) is 55.9 Å². The van der Waals surface area contributed by atoms with Crippen LogP contribution in [0, 0.1) is 17.3 Å². The Balaban J connectivity index is 2.63. The first-order chi connectivity index (χ1) is 18.2. The van der Waals surface area contributed by atoms with E-state index in [9.17, 15) is 29.4 Å². The van der Waals surface area contributed by atoms with Crippen LogP contribution in [0.2, 0.25) is 0 Å². The van der Waals surface area contributed by atoms with Gasteiger partial charge in [0, 0.05) is 19.3 Å². The monoisotopic (exact) mass is 568 g/mol. The van der Waals surface area contributed by atoms with E-state index in [0.717, 1.165) is 0 Å². The van der Waals surface area contributed by atoms with Crippen LogP contribution in [0.4, 0.5) is 0 Å². The van der Waals surface area contributed by atoms with Crippen molar-refractivity contribution in [2.45, 2.75) is 149 Å². The highest BCUT2D eigenvalue weighted by molar-refractivity contribution is 5.76. The molecule has 0 bridgehead atoms. The number of aliphatic carboxylic acids is 2. The van der Waals surface area contributed by atoms with Crippen LogP contribution >= 0.6 is 0 Å². The Hall–Kier alpha value is -2.20. The second-order valence-electron chi connectivity index (χ2n) is 14.3. The highest BCUT2D eigenvalue weighted by Gasteiger charge is 2.62. The molecule has 2 aliphatic rings. The Morgan fingerprint density at radius 3 is 1.27 bits per heavy atom. The van der Waals surface area contributed by atoms with Gasteiger partial charge in [0.1, 0.15) is 0 Å². The van der Waals surface area contributed by atoms with Crippen LogP contribution in [0.15, 0.2) is 0 Å². The van der Waals surface area contributed by atoms with Crippen molar-refractivity contribution >= 4 is 23.9 Å². The van der Waals surface area contributed by atoms with Gasteiger partial charge in [-0.15, -0.1) is 10.1 Å². The zero-order chi connectivity index (χ0) is 30.9. The van der Waals surface area contributed by atoms with E-state index in [1.54, 1.807) is 24.0 Å². The molecular formula is C30H52N2O8. The molecule has 0 aromatic heterocycles. The third-order valence-electron chi connectivity index (χ3n) is 8.98. The van der Waals surface area contributed by atoms with Crippen LogP contribution in [0.25, 0.3) is 0 Å². The van der Waals surface area contributed by atoms with E-state index < -0.39 is 39.5 Å². The van der Waals surface area contributed by atoms with Gasteiger partial charge in [-0.25, -0.2) is 0 Å². The molecule has 0 spiro atoms. The van der Waals surface area contributed by atoms with E-state index in [0.29, 0.717) is 25.7 Å². The fourth-order valence-corrected chi connectivity index (χ4v) is 7.81. The van der Waals surface area contributed by atoms with Crippen molar-refractivity contribution in [1.29, 1.82) is 0 Å². The smallest absolute Gasteiger partial charge is 0.324 e. The molecular weight excluding hydrogens is 516 g/mol. The van der Waals surface area contributed by atoms with Gasteiger partial charge >= 0.3 is 23.9 Å². The molecule has 10 heteroatoms. The van der Waals surface area contributed by atoms with E-state index in [1.165, 1.54) is 0 Å². The third kappa shape index (κ3) is 6.98. The average molecular weight is 569 g/mol. The minimum atomic E-state index is -1.24. The molecule has 230 valence electrons. The highest BCUT2D eigenvalue weighted by Crippen LogP contribution is 2.58. The number of carbonyl (C=O) groups excluding carboxylic acids is 2. The van der Waals surface area contributed by atoms with Crippen molar-refractivity contribution in [1.82, 2.24) is 10.1 Å². The Labute approximate surface area is 239 Å². The van der Waals surface area contributed by atoms with Gasteiger partial charge in [-0.2, -0.15) is 0 Å². The van der Waals surface area contributed by atoms with Gasteiger partial charge in [0.2, 0.25) is 0 Å². The number of nitrogens with zero attached hydrogens (tertiary/aromatic N) is 2. The third-order valence-corrected chi connectivity index (χ3v) is 8.98. The molecule has 0 aliphatic carbocycles. The van der Waals surface area contributed by atoms with Crippen LogP contribution in [0.3, 0.4) is 0 Å². The second-order valence-corrected chi connectivity index (χ2v) is 14.3. The number of hydrogen-bond acceptors (Lipinski definition) is 8. The maximum Gasteiger partial charge on any atom is 0.324 e. The summed E-state index contributed by atoms with van der Waals surface area (Å²) in [6.45, 7) is 19.2. The second kappa shape index (κ2) is 12.0. The fourth-order valence-electron chi connectivity index (χ4n) is 7.81. The molecule has 0 radical (unpaired) electrons. The van der Waals surface area contributed by atoms with Crippen molar-refractivity contribution in [3.8, 4) is 0 Å². The summed E-state index contributed by atoms with van der Waals surface area (Å²) in [5.41, 5.74) is -3.87. The van der Waals surface area contributed by atoms with Crippen LogP contribution in [0.5, 0.6) is 0 Å². The Kier molecular flexibility index (Phi) is 10.2. The fraction of sp³-hybridized carbons (Fsp3) is 0.867. The molecule has 2 aliphatic heterocycles. The Bertz CT molecular complexity index is 877. The van der Waals surface area contributed by atoms with Crippen LogP contribution in [-0.2, 0) is 28.9 Å². The van der Waals surface area contributed by atoms with Crippen molar-refractivity contribution in [2.24, 2.45) is 17.3 Å². The molecule has 2 N–H and O–H groups in total. The van der Waals surface area contributed by atoms with Gasteiger partial charge in [-0.05, 0) is 106 Å². The first-order valence-electron chi connectivity index (χ1n) is 14.6. The first-order valence-corrected chi connectivity index (χ1v) is 14.6. The molecule has 0 unspecified atom stereocenters. The maximum atomic E-state index is 13.6. The minimum absolute atomic E-state index is 0.117. The van der Waals surface area contributed by atoms with Crippen LogP contribution in [-0.4, -0.2) is 66.4 Å². The molecule has 0 aromatic rings. The standard InChI is InChI=1S/C30H52N2O8/c1-11-23(35)39-31-26(3,4)16-20(17-27(31,5)6)30(25(37)38,15-13-14-22(33)34)21-18-28(7,8)32(29(9,10)19-21)40-24(36)12-2/h20-21H,11-19H2,1-10H3,(H,33,34)(H,37,38). The molecule has 0 saturated carbocycles. The molecule has 0 aromatic carbocycles. The van der Waals surface area contributed by atoms with Gasteiger partial charge in [0.25, 0.3) is 0 Å². The van der Waals surface area contributed by atoms with Crippen molar-refractivity contribution in [3.05, 3.63) is 0 Å². The van der Waals surface area contributed by atoms with Gasteiger partial charge < -0.3 is 19.9 Å². The molecule has 2 rings (SSSR count). The van der Waals surface area contributed by atoms with Crippen LogP contribution in [0.1, 0.15) is 127 Å². The normalized spacial score (nSPS) is 23.4. The van der Waals surface area contributed by atoms with Gasteiger partial charge in [0.05, 0.1) is 27.6 Å². The largest absolute Gasteiger partial charge is 0.481 e. The molecule has 40 heavy (non-hydrogen) atoms. The lowest BCUT2D eigenvalue weighted by molar-refractivity contribution is -0.290. The number of carboxylic acid groups (broad SMARTS) is 2. The quantitative estimate of drug-likeness (QED) is 0.325. The lowest BCUT2D eigenvalue weighted by atomic mass is 9.52. The van der Waals surface area contributed by atoms with Crippen LogP contribution < -0.4 is 0 Å². The average Bonchev–Trinajstić information content (AvgIpc) is 2.79. The minimum Gasteiger partial charge on any atom is -0.481 e. The molecule has 0 amide bonds. The number of rotatable bonds is 11. The summed E-state index contributed by atoms with van der Waals surface area (Å²) >= 11 is 0. The predicted molar refractivity (Wildman–Crippen MR) is 150 cm³/mol. The van der Waals surface area contributed by atoms with E-state index in [2.05, 4.69) is 0 Å². The van der Waals surface area contributed by atoms with Crippen molar-refractivity contribution in [3.63, 3.8) is 0 Å². The first kappa shape index (κ1) is 34.0. The van der Waals surface area contributed by atoms with E-state index in [1.807, 2.05) is 55.4 Å². The molecule has 2 fully saturated rings. The lowest BCUT2D eigenvalue weighted by Gasteiger charge is -2.60. The Morgan fingerprint density at radius 2 is 1.02 bits per heavy atom. The van der Waals surface area contributed by atoms with Crippen molar-refractivity contribution in [2.75, 3.05) is 0 Å². The van der Waals surface area contributed by atoms with Gasteiger partial charge in [-0.1, -0.05) is 13.8 Å². The summed E-state index contributed by atoms with van der Waals surface area (Å²) in [6.07, 6.45) is 2.62. The maximum absolute atomic E-state index is 13.6. The molecule has 2 heterocycles. The summed E-state index contributed by atoms with van der Waals surface area (Å²) in [4.78, 5) is 61.3. The molecule has 10 nitrogen and oxygen atoms in total. The van der Waals surface area contributed by atoms with Gasteiger partial charge in [-0.3, -0.25) is 19.2 Å². The summed E-state index contributed by atoms with van der Waals surface area (Å²) in [5, 5.41) is 24.0. The summed E-state index contributed by atoms with van der Waals surface area (Å²) < 4.78 is 0. The van der Waals surface area contributed by atoms with E-state index in [4.69, 9.17) is 9.68 Å². The zero-order valence-electron chi connectivity index (χ0n) is 26.3. The zero-order valence-corrected chi connectivity index (χ0v) is 26.3. The molecule has 2 saturated heterocycles. The predicted octanol–water partition coefficient (Wildman–Crippen LogP) is 5.59. The molecule has 0 atom stereocenters. The summed E-state index contributed by atoms with van der Waals surface area (Å²) in [7, 11) is 0. The Morgan fingerprint density at radius 1 is 0.700 bits per heavy atom. The number of piperidine rings is 2. The highest BCUT2D eigenvalue weighted by atomic mass is 16.7. The number of hydroxylamine groups is 4. The van der Waals surface area contributed by atoms with E-state index >= 15 is 0 Å².